The number of nitrogens with one attached hydrogen (secondary N) is 2. The summed E-state index contributed by atoms with van der Waals surface area (Å²) in [6.45, 7) is 9.43. The molecule has 0 saturated carbocycles. The van der Waals surface area contributed by atoms with Crippen LogP contribution in [0.4, 0.5) is 0 Å². The molecule has 3 heteroatoms. The first-order valence-corrected chi connectivity index (χ1v) is 5.79. The molecule has 15 heavy (non-hydrogen) atoms. The molecule has 0 spiro atoms. The number of hydrogen-bond donors (Lipinski definition) is 2. The molecular formula is C12H22N2O. The van der Waals surface area contributed by atoms with Crippen LogP contribution in [0.2, 0.25) is 0 Å². The van der Waals surface area contributed by atoms with Crippen molar-refractivity contribution in [3.63, 3.8) is 0 Å². The minimum absolute atomic E-state index is 0.00282. The molecule has 1 heterocycles. The summed E-state index contributed by atoms with van der Waals surface area (Å²) in [6, 6.07) is 0.00282. The van der Waals surface area contributed by atoms with Crippen LogP contribution < -0.4 is 10.6 Å². The van der Waals surface area contributed by atoms with E-state index in [1.165, 1.54) is 12.8 Å². The first-order chi connectivity index (χ1) is 7.13. The summed E-state index contributed by atoms with van der Waals surface area (Å²) >= 11 is 0. The van der Waals surface area contributed by atoms with Crippen LogP contribution in [0.1, 0.15) is 33.1 Å². The average molecular weight is 210 g/mol. The van der Waals surface area contributed by atoms with Gasteiger partial charge in [0.25, 0.3) is 0 Å². The van der Waals surface area contributed by atoms with Crippen LogP contribution in [0.3, 0.4) is 0 Å². The third kappa shape index (κ3) is 4.04. The first kappa shape index (κ1) is 12.2. The first-order valence-electron chi connectivity index (χ1n) is 5.79. The number of carbonyl (C=O) groups is 1. The number of hydrogen-bond acceptors (Lipinski definition) is 2. The molecule has 0 radical (unpaired) electrons. The van der Waals surface area contributed by atoms with E-state index >= 15 is 0 Å². The monoisotopic (exact) mass is 210 g/mol. The number of carbonyl (C=O) groups excluding carboxylic acids is 1. The van der Waals surface area contributed by atoms with E-state index in [2.05, 4.69) is 24.1 Å². The highest BCUT2D eigenvalue weighted by Gasteiger charge is 2.25. The Morgan fingerprint density at radius 3 is 2.93 bits per heavy atom. The normalized spacial score (nSPS) is 26.0. The second-order valence-electron chi connectivity index (χ2n) is 4.48. The smallest absolute Gasteiger partial charge is 0.237 e. The van der Waals surface area contributed by atoms with E-state index in [-0.39, 0.29) is 11.9 Å². The largest absolute Gasteiger partial charge is 0.351 e. The van der Waals surface area contributed by atoms with Crippen molar-refractivity contribution in [3.8, 4) is 0 Å². The topological polar surface area (TPSA) is 41.1 Å². The van der Waals surface area contributed by atoms with Crippen molar-refractivity contribution in [1.29, 1.82) is 0 Å². The van der Waals surface area contributed by atoms with Crippen LogP contribution in [0.5, 0.6) is 0 Å². The maximum absolute atomic E-state index is 11.7. The van der Waals surface area contributed by atoms with E-state index in [0.29, 0.717) is 12.5 Å². The summed E-state index contributed by atoms with van der Waals surface area (Å²) in [5.74, 6) is 0.822. The second kappa shape index (κ2) is 5.91. The molecule has 3 nitrogen and oxygen atoms in total. The van der Waals surface area contributed by atoms with E-state index in [1.54, 1.807) is 0 Å². The molecule has 2 N–H and O–H groups in total. The molecule has 86 valence electrons. The molecule has 2 atom stereocenters. The van der Waals surface area contributed by atoms with Gasteiger partial charge in [-0.2, -0.15) is 0 Å². The Hall–Kier alpha value is -0.830. The Morgan fingerprint density at radius 2 is 2.33 bits per heavy atom. The highest BCUT2D eigenvalue weighted by molar-refractivity contribution is 5.82. The van der Waals surface area contributed by atoms with E-state index < -0.39 is 0 Å². The SMILES string of the molecule is C=C(C)CNC(=O)C1CC(CC)CCN1. The Bertz CT molecular complexity index is 238. The van der Waals surface area contributed by atoms with Gasteiger partial charge in [0.15, 0.2) is 0 Å². The van der Waals surface area contributed by atoms with Crippen LogP contribution in [0.25, 0.3) is 0 Å². The molecule has 1 fully saturated rings. The Kier molecular flexibility index (Phi) is 4.82. The molecule has 1 aliphatic heterocycles. The van der Waals surface area contributed by atoms with Gasteiger partial charge in [-0.15, -0.1) is 0 Å². The zero-order valence-electron chi connectivity index (χ0n) is 9.81. The lowest BCUT2D eigenvalue weighted by atomic mass is 9.90. The number of piperidine rings is 1. The van der Waals surface area contributed by atoms with Crippen LogP contribution in [-0.2, 0) is 4.79 Å². The van der Waals surface area contributed by atoms with Crippen molar-refractivity contribution < 1.29 is 4.79 Å². The molecule has 0 aromatic carbocycles. The summed E-state index contributed by atoms with van der Waals surface area (Å²) in [5.41, 5.74) is 0.992. The third-order valence-electron chi connectivity index (χ3n) is 2.97. The lowest BCUT2D eigenvalue weighted by Crippen LogP contribution is -2.48. The molecule has 2 unspecified atom stereocenters. The van der Waals surface area contributed by atoms with Gasteiger partial charge in [0.05, 0.1) is 6.04 Å². The molecule has 0 aromatic heterocycles. The maximum atomic E-state index is 11.7. The van der Waals surface area contributed by atoms with Gasteiger partial charge in [0.2, 0.25) is 5.91 Å². The highest BCUT2D eigenvalue weighted by Crippen LogP contribution is 2.19. The Labute approximate surface area is 92.3 Å². The lowest BCUT2D eigenvalue weighted by Gasteiger charge is -2.28. The van der Waals surface area contributed by atoms with E-state index in [4.69, 9.17) is 0 Å². The van der Waals surface area contributed by atoms with Gasteiger partial charge >= 0.3 is 0 Å². The van der Waals surface area contributed by atoms with Gasteiger partial charge in [-0.1, -0.05) is 25.5 Å². The van der Waals surface area contributed by atoms with Crippen molar-refractivity contribution in [2.24, 2.45) is 5.92 Å². The molecule has 1 rings (SSSR count). The minimum atomic E-state index is 0.00282. The van der Waals surface area contributed by atoms with Crippen molar-refractivity contribution in [2.45, 2.75) is 39.2 Å². The second-order valence-corrected chi connectivity index (χ2v) is 4.48. The zero-order valence-corrected chi connectivity index (χ0v) is 9.81. The van der Waals surface area contributed by atoms with Crippen LogP contribution in [0, 0.1) is 5.92 Å². The molecule has 1 saturated heterocycles. The lowest BCUT2D eigenvalue weighted by molar-refractivity contribution is -0.123. The molecule has 0 bridgehead atoms. The van der Waals surface area contributed by atoms with Crippen LogP contribution >= 0.6 is 0 Å². The van der Waals surface area contributed by atoms with E-state index in [0.717, 1.165) is 18.5 Å². The fourth-order valence-electron chi connectivity index (χ4n) is 1.93. The van der Waals surface area contributed by atoms with Gasteiger partial charge in [0, 0.05) is 6.54 Å². The molecule has 0 aromatic rings. The molecule has 1 amide bonds. The molecule has 0 aliphatic carbocycles. The van der Waals surface area contributed by atoms with Crippen molar-refractivity contribution in [3.05, 3.63) is 12.2 Å². The standard InChI is InChI=1S/C12H22N2O/c1-4-10-5-6-13-11(7-10)12(15)14-8-9(2)3/h10-11,13H,2,4-8H2,1,3H3,(H,14,15). The van der Waals surface area contributed by atoms with Crippen LogP contribution in [-0.4, -0.2) is 25.0 Å². The van der Waals surface area contributed by atoms with Gasteiger partial charge in [0.1, 0.15) is 0 Å². The quantitative estimate of drug-likeness (QED) is 0.690. The fourth-order valence-corrected chi connectivity index (χ4v) is 1.93. The number of rotatable bonds is 4. The molecule has 1 aliphatic rings. The van der Waals surface area contributed by atoms with Crippen molar-refractivity contribution >= 4 is 5.91 Å². The predicted octanol–water partition coefficient (Wildman–Crippen LogP) is 1.46. The summed E-state index contributed by atoms with van der Waals surface area (Å²) in [4.78, 5) is 11.7. The van der Waals surface area contributed by atoms with Gasteiger partial charge < -0.3 is 10.6 Å². The summed E-state index contributed by atoms with van der Waals surface area (Å²) in [6.07, 6.45) is 3.34. The van der Waals surface area contributed by atoms with E-state index in [1.807, 2.05) is 6.92 Å². The van der Waals surface area contributed by atoms with E-state index in [9.17, 15) is 4.79 Å². The Morgan fingerprint density at radius 1 is 1.60 bits per heavy atom. The van der Waals surface area contributed by atoms with Crippen molar-refractivity contribution in [2.75, 3.05) is 13.1 Å². The summed E-state index contributed by atoms with van der Waals surface area (Å²) in [7, 11) is 0. The van der Waals surface area contributed by atoms with Gasteiger partial charge in [-0.05, 0) is 32.2 Å². The third-order valence-corrected chi connectivity index (χ3v) is 2.97. The summed E-state index contributed by atoms with van der Waals surface area (Å²) in [5, 5.41) is 6.16. The predicted molar refractivity (Wildman–Crippen MR) is 62.6 cm³/mol. The maximum Gasteiger partial charge on any atom is 0.237 e. The van der Waals surface area contributed by atoms with Crippen molar-refractivity contribution in [1.82, 2.24) is 10.6 Å². The zero-order chi connectivity index (χ0) is 11.3. The fraction of sp³-hybridized carbons (Fsp3) is 0.750. The van der Waals surface area contributed by atoms with Crippen LogP contribution in [0.15, 0.2) is 12.2 Å². The van der Waals surface area contributed by atoms with Gasteiger partial charge in [-0.25, -0.2) is 0 Å². The molecular weight excluding hydrogens is 188 g/mol. The average Bonchev–Trinajstić information content (AvgIpc) is 2.26. The minimum Gasteiger partial charge on any atom is -0.351 e. The number of amides is 1. The highest BCUT2D eigenvalue weighted by atomic mass is 16.2. The van der Waals surface area contributed by atoms with Gasteiger partial charge in [-0.3, -0.25) is 4.79 Å². The Balaban J connectivity index is 2.35. The summed E-state index contributed by atoms with van der Waals surface area (Å²) < 4.78 is 0.